The van der Waals surface area contributed by atoms with Crippen molar-refractivity contribution >= 4 is 35.9 Å². The van der Waals surface area contributed by atoms with Crippen molar-refractivity contribution in [2.24, 2.45) is 10.1 Å². The average Bonchev–Trinajstić information content (AvgIpc) is 2.75. The van der Waals surface area contributed by atoms with Gasteiger partial charge in [0.15, 0.2) is 0 Å². The molecule has 1 amide bonds. The highest BCUT2D eigenvalue weighted by atomic mass is 16.5. The molecule has 9 nitrogen and oxygen atoms in total. The first-order chi connectivity index (χ1) is 14.8. The standard InChI is InChI=1S/C19H23N5O3.C3H8O/c1-6-27-19(26)21-16-8-7-12(2)17(9-16)22-18-23-20-10-14(4)24(18)15(5)13(3)11-25;1-3-4-2/h7-11H,4,6H2,1-3,5H3,(H,21,26)(H,22,23);3H2,1-2H3/b15-13+;. The van der Waals surface area contributed by atoms with Crippen molar-refractivity contribution in [2.45, 2.75) is 34.6 Å². The number of nitrogens with zero attached hydrogens (tertiary/aromatic N) is 3. The van der Waals surface area contributed by atoms with Crippen LogP contribution < -0.4 is 10.7 Å². The van der Waals surface area contributed by atoms with E-state index in [0.717, 1.165) is 18.5 Å². The number of carbonyl (C=O) groups excluding carboxylic acids is 2. The molecule has 1 aromatic carbocycles. The Labute approximate surface area is 183 Å². The first-order valence-electron chi connectivity index (χ1n) is 9.81. The molecule has 0 spiro atoms. The first-order valence-corrected chi connectivity index (χ1v) is 9.81. The Balaban J connectivity index is 0.00000110. The van der Waals surface area contributed by atoms with Gasteiger partial charge in [0.05, 0.1) is 24.2 Å². The second kappa shape index (κ2) is 13.0. The van der Waals surface area contributed by atoms with E-state index in [0.29, 0.717) is 34.3 Å². The molecule has 1 aliphatic heterocycles. The molecule has 0 saturated carbocycles. The van der Waals surface area contributed by atoms with Gasteiger partial charge in [-0.3, -0.25) is 15.0 Å². The van der Waals surface area contributed by atoms with Gasteiger partial charge >= 0.3 is 6.09 Å². The van der Waals surface area contributed by atoms with Gasteiger partial charge in [0, 0.05) is 30.7 Å². The zero-order valence-corrected chi connectivity index (χ0v) is 19.0. The van der Waals surface area contributed by atoms with E-state index < -0.39 is 6.09 Å². The van der Waals surface area contributed by atoms with Crippen LogP contribution in [-0.2, 0) is 14.3 Å². The largest absolute Gasteiger partial charge is 0.450 e. The van der Waals surface area contributed by atoms with Crippen LogP contribution in [0.4, 0.5) is 16.2 Å². The normalized spacial score (nSPS) is 14.8. The molecule has 0 radical (unpaired) electrons. The molecule has 1 heterocycles. The Hall–Kier alpha value is -3.46. The number of methoxy groups -OCH3 is 1. The summed E-state index contributed by atoms with van der Waals surface area (Å²) in [5.74, 6) is 0.401. The maximum Gasteiger partial charge on any atom is 0.411 e. The summed E-state index contributed by atoms with van der Waals surface area (Å²) >= 11 is 0. The maximum absolute atomic E-state index is 11.6. The summed E-state index contributed by atoms with van der Waals surface area (Å²) in [6, 6.07) is 5.33. The number of allylic oxidation sites excluding steroid dienone is 3. The van der Waals surface area contributed by atoms with Crippen LogP contribution in [0.25, 0.3) is 0 Å². The number of aldehydes is 1. The number of ether oxygens (including phenoxy) is 2. The fourth-order valence-corrected chi connectivity index (χ4v) is 2.33. The van der Waals surface area contributed by atoms with Gasteiger partial charge in [-0.25, -0.2) is 15.2 Å². The number of rotatable bonds is 6. The van der Waals surface area contributed by atoms with Gasteiger partial charge in [-0.05, 0) is 52.3 Å². The molecule has 0 aromatic heterocycles. The zero-order chi connectivity index (χ0) is 23.4. The van der Waals surface area contributed by atoms with E-state index in [1.54, 1.807) is 51.1 Å². The minimum Gasteiger partial charge on any atom is -0.450 e. The molecule has 31 heavy (non-hydrogen) atoms. The summed E-state index contributed by atoms with van der Waals surface area (Å²) < 4.78 is 9.43. The van der Waals surface area contributed by atoms with Crippen LogP contribution in [0, 0.1) is 6.92 Å². The van der Waals surface area contributed by atoms with Gasteiger partial charge in [0.2, 0.25) is 5.96 Å². The monoisotopic (exact) mass is 429 g/mol. The molecule has 9 heteroatoms. The van der Waals surface area contributed by atoms with Gasteiger partial charge in [-0.2, -0.15) is 5.10 Å². The Morgan fingerprint density at radius 2 is 2.00 bits per heavy atom. The van der Waals surface area contributed by atoms with Crippen molar-refractivity contribution in [2.75, 3.05) is 25.6 Å². The molecule has 0 atom stereocenters. The minimum absolute atomic E-state index is 0.285. The lowest BCUT2D eigenvalue weighted by molar-refractivity contribution is -0.105. The predicted octanol–water partition coefficient (Wildman–Crippen LogP) is 4.10. The number of amides is 1. The molecule has 0 unspecified atom stereocenters. The Morgan fingerprint density at radius 1 is 1.32 bits per heavy atom. The number of hydrogen-bond donors (Lipinski definition) is 2. The molecular weight excluding hydrogens is 398 g/mol. The molecule has 0 aliphatic carbocycles. The second-order valence-corrected chi connectivity index (χ2v) is 6.44. The van der Waals surface area contributed by atoms with Crippen molar-refractivity contribution in [3.8, 4) is 0 Å². The quantitative estimate of drug-likeness (QED) is 0.521. The number of hydrogen-bond acceptors (Lipinski definition) is 6. The summed E-state index contributed by atoms with van der Waals surface area (Å²) in [4.78, 5) is 29.1. The number of guanidine groups is 1. The van der Waals surface area contributed by atoms with Crippen molar-refractivity contribution in [3.05, 3.63) is 47.3 Å². The molecule has 0 saturated heterocycles. The summed E-state index contributed by atoms with van der Waals surface area (Å²) in [5.41, 5.74) is 6.72. The highest BCUT2D eigenvalue weighted by Crippen LogP contribution is 2.25. The highest BCUT2D eigenvalue weighted by Gasteiger charge is 2.21. The topological polar surface area (TPSA) is 105 Å². The van der Waals surface area contributed by atoms with E-state index in [2.05, 4.69) is 32.2 Å². The zero-order valence-electron chi connectivity index (χ0n) is 19.0. The van der Waals surface area contributed by atoms with Crippen LogP contribution >= 0.6 is 0 Å². The molecule has 168 valence electrons. The van der Waals surface area contributed by atoms with E-state index in [1.165, 1.54) is 0 Å². The summed E-state index contributed by atoms with van der Waals surface area (Å²) in [6.45, 7) is 14.2. The summed E-state index contributed by atoms with van der Waals surface area (Å²) in [6.07, 6.45) is 1.79. The van der Waals surface area contributed by atoms with Gasteiger partial charge in [0.25, 0.3) is 0 Å². The molecule has 1 aromatic rings. The molecule has 1 aliphatic rings. The van der Waals surface area contributed by atoms with Gasteiger partial charge in [-0.15, -0.1) is 0 Å². The van der Waals surface area contributed by atoms with Crippen LogP contribution in [0.5, 0.6) is 0 Å². The second-order valence-electron chi connectivity index (χ2n) is 6.44. The number of hydrazone groups is 1. The van der Waals surface area contributed by atoms with Gasteiger partial charge < -0.3 is 9.47 Å². The summed E-state index contributed by atoms with van der Waals surface area (Å²) in [7, 11) is 1.68. The molecular formula is C22H31N5O4. The SMILES string of the molecule is C=C1C=NNC(=Nc2cc(NC(=O)OCC)ccc2C)N1/C(C)=C(\C)C=O.CCOC. The predicted molar refractivity (Wildman–Crippen MR) is 124 cm³/mol. The Bertz CT molecular complexity index is 888. The number of carbonyl (C=O) groups is 2. The maximum atomic E-state index is 11.6. The van der Waals surface area contributed by atoms with Crippen LogP contribution in [-0.4, -0.2) is 49.8 Å². The average molecular weight is 430 g/mol. The lowest BCUT2D eigenvalue weighted by Gasteiger charge is -2.29. The van der Waals surface area contributed by atoms with Crippen LogP contribution in [0.15, 0.2) is 51.8 Å². The third kappa shape index (κ3) is 7.71. The number of anilines is 1. The fourth-order valence-electron chi connectivity index (χ4n) is 2.33. The Kier molecular flexibility index (Phi) is 10.7. The molecule has 0 fully saturated rings. The summed E-state index contributed by atoms with van der Waals surface area (Å²) in [5, 5.41) is 6.68. The van der Waals surface area contributed by atoms with E-state index in [1.807, 2.05) is 19.9 Å². The van der Waals surface area contributed by atoms with E-state index in [4.69, 9.17) is 4.74 Å². The molecule has 0 bridgehead atoms. The third-order valence-corrected chi connectivity index (χ3v) is 4.21. The van der Waals surface area contributed by atoms with Crippen molar-refractivity contribution in [1.29, 1.82) is 0 Å². The molecule has 2 N–H and O–H groups in total. The van der Waals surface area contributed by atoms with E-state index >= 15 is 0 Å². The third-order valence-electron chi connectivity index (χ3n) is 4.21. The van der Waals surface area contributed by atoms with Crippen molar-refractivity contribution in [1.82, 2.24) is 10.3 Å². The van der Waals surface area contributed by atoms with Crippen molar-refractivity contribution in [3.63, 3.8) is 0 Å². The lowest BCUT2D eigenvalue weighted by atomic mass is 10.2. The van der Waals surface area contributed by atoms with Crippen LogP contribution in [0.3, 0.4) is 0 Å². The van der Waals surface area contributed by atoms with Gasteiger partial charge in [0.1, 0.15) is 6.29 Å². The van der Waals surface area contributed by atoms with Gasteiger partial charge in [-0.1, -0.05) is 12.6 Å². The van der Waals surface area contributed by atoms with E-state index in [-0.39, 0.29) is 6.61 Å². The fraction of sp³-hybridized carbons (Fsp3) is 0.364. The Morgan fingerprint density at radius 3 is 2.58 bits per heavy atom. The smallest absolute Gasteiger partial charge is 0.411 e. The number of benzene rings is 1. The number of aryl methyl sites for hydroxylation is 1. The van der Waals surface area contributed by atoms with Crippen molar-refractivity contribution < 1.29 is 19.1 Å². The van der Waals surface area contributed by atoms with Crippen LogP contribution in [0.2, 0.25) is 0 Å². The van der Waals surface area contributed by atoms with Crippen LogP contribution in [0.1, 0.15) is 33.3 Å². The highest BCUT2D eigenvalue weighted by molar-refractivity contribution is 5.96. The number of aliphatic imine (C=N–C) groups is 1. The minimum atomic E-state index is -0.532. The molecule has 2 rings (SSSR count). The lowest BCUT2D eigenvalue weighted by Crippen LogP contribution is -2.41. The van der Waals surface area contributed by atoms with E-state index in [9.17, 15) is 9.59 Å². The first kappa shape index (κ1) is 25.6. The number of nitrogens with one attached hydrogen (secondary N) is 2.